The number of hydrogen-bond donors (Lipinski definition) is 0. The monoisotopic (exact) mass is 1280 g/mol. The van der Waals surface area contributed by atoms with Crippen LogP contribution in [0.3, 0.4) is 0 Å². The summed E-state index contributed by atoms with van der Waals surface area (Å²) in [4.78, 5) is 71.4. The molecule has 0 amide bonds. The van der Waals surface area contributed by atoms with Gasteiger partial charge >= 0.3 is 29.8 Å². The molecule has 0 aromatic heterocycles. The summed E-state index contributed by atoms with van der Waals surface area (Å²) in [6.07, 6.45) is 2.03. The number of ether oxygens (including phenoxy) is 21. The number of methoxy groups -OCH3 is 15. The van der Waals surface area contributed by atoms with Crippen molar-refractivity contribution in [1.29, 1.82) is 0 Å². The molecule has 0 radical (unpaired) electrons. The predicted molar refractivity (Wildman–Crippen MR) is 331 cm³/mol. The van der Waals surface area contributed by atoms with Crippen molar-refractivity contribution in [3.8, 4) is 86.2 Å². The average Bonchev–Trinajstić information content (AvgIpc) is 0.853. The van der Waals surface area contributed by atoms with E-state index in [0.29, 0.717) is 33.6 Å². The number of hydrogen-bond acceptors (Lipinski definition) is 26. The van der Waals surface area contributed by atoms with Gasteiger partial charge in [0.05, 0.1) is 107 Å². The molecule has 1 fully saturated rings. The molecule has 5 atom stereocenters. The summed E-state index contributed by atoms with van der Waals surface area (Å²) in [6, 6.07) is 15.5. The van der Waals surface area contributed by atoms with Crippen molar-refractivity contribution in [1.82, 2.24) is 0 Å². The highest BCUT2D eigenvalue weighted by Gasteiger charge is 2.54. The fraction of sp³-hybridized carbons (Fsp3) is 0.318. The molecule has 1 saturated heterocycles. The maximum Gasteiger partial charge on any atom is 0.333 e. The summed E-state index contributed by atoms with van der Waals surface area (Å²) in [5.74, 6) is -1.66. The number of carbonyl (C=O) groups excluding carboxylic acids is 5. The molecule has 1 heterocycles. The Hall–Kier alpha value is -10.9. The summed E-state index contributed by atoms with van der Waals surface area (Å²) in [5.41, 5.74) is 1.83. The lowest BCUT2D eigenvalue weighted by Crippen LogP contribution is -2.63. The van der Waals surface area contributed by atoms with Gasteiger partial charge in [-0.3, -0.25) is 0 Å². The van der Waals surface area contributed by atoms with E-state index >= 15 is 0 Å². The Kier molecular flexibility index (Phi) is 26.1. The van der Waals surface area contributed by atoms with Crippen LogP contribution in [0, 0.1) is 0 Å². The number of carbonyl (C=O) groups is 5. The van der Waals surface area contributed by atoms with Crippen LogP contribution in [0.1, 0.15) is 27.8 Å². The first kappa shape index (κ1) is 70.2. The molecule has 6 rings (SSSR count). The van der Waals surface area contributed by atoms with Gasteiger partial charge in [-0.15, -0.1) is 0 Å². The fourth-order valence-corrected chi connectivity index (χ4v) is 9.20. The van der Waals surface area contributed by atoms with Gasteiger partial charge in [0.2, 0.25) is 41.1 Å². The maximum atomic E-state index is 14.5. The van der Waals surface area contributed by atoms with Crippen LogP contribution in [0.15, 0.2) is 91.0 Å². The second-order valence-electron chi connectivity index (χ2n) is 18.8. The molecule has 0 saturated carbocycles. The Balaban J connectivity index is 1.52. The first-order chi connectivity index (χ1) is 44.4. The zero-order valence-electron chi connectivity index (χ0n) is 53.3. The smallest absolute Gasteiger partial charge is 0.333 e. The van der Waals surface area contributed by atoms with Crippen molar-refractivity contribution in [2.75, 3.05) is 113 Å². The van der Waals surface area contributed by atoms with E-state index < -0.39 is 67.2 Å². The summed E-state index contributed by atoms with van der Waals surface area (Å²) in [7, 11) is 21.2. The molecule has 0 aliphatic carbocycles. The zero-order valence-corrected chi connectivity index (χ0v) is 53.3. The molecule has 0 unspecified atom stereocenters. The van der Waals surface area contributed by atoms with Gasteiger partial charge in [0.1, 0.15) is 12.7 Å². The number of esters is 5. The highest BCUT2D eigenvalue weighted by atomic mass is 16.7. The van der Waals surface area contributed by atoms with Crippen molar-refractivity contribution in [3.05, 3.63) is 119 Å². The van der Waals surface area contributed by atoms with E-state index in [4.69, 9.17) is 99.5 Å². The van der Waals surface area contributed by atoms with Gasteiger partial charge in [0.15, 0.2) is 69.7 Å². The summed E-state index contributed by atoms with van der Waals surface area (Å²) in [6.45, 7) is -0.820. The second-order valence-corrected chi connectivity index (χ2v) is 18.8. The maximum absolute atomic E-state index is 14.5. The minimum Gasteiger partial charge on any atom is -0.493 e. The Morgan fingerprint density at radius 3 is 0.750 bits per heavy atom. The minimum absolute atomic E-state index is 0.238. The molecule has 0 bridgehead atoms. The van der Waals surface area contributed by atoms with Crippen LogP contribution in [0.25, 0.3) is 30.4 Å². The van der Waals surface area contributed by atoms with E-state index in [2.05, 4.69) is 0 Å². The second kappa shape index (κ2) is 34.2. The van der Waals surface area contributed by atoms with Crippen LogP contribution in [0.5, 0.6) is 86.2 Å². The van der Waals surface area contributed by atoms with E-state index in [-0.39, 0.29) is 80.5 Å². The highest BCUT2D eigenvalue weighted by Crippen LogP contribution is 2.43. The summed E-state index contributed by atoms with van der Waals surface area (Å²) < 4.78 is 119. The van der Waals surface area contributed by atoms with Crippen LogP contribution < -0.4 is 71.1 Å². The standard InChI is InChI=1S/C66H72O26/c1-72-42-26-37(27-43(73-2)58(42)82-11)16-21-53(67)87-36-52-63(89-54(68)22-17-38-28-44(74-3)59(83-12)45(29-38)75-4)64(90-55(69)23-18-39-30-46(76-5)60(84-13)47(31-39)77-6)65(91-56(70)24-19-40-32-48(78-7)61(85-14)49(33-40)79-8)66(88-52)92-57(71)25-20-41-34-50(80-9)62(86-15)51(35-41)81-10/h16-35,52,63-66H,36H2,1-15H3/b21-16+,22-17+,23-18+,24-19+,25-20+/t52-,63-,64+,65-,66-/m1/s1. The third-order valence-corrected chi connectivity index (χ3v) is 13.5. The summed E-state index contributed by atoms with van der Waals surface area (Å²) >= 11 is 0. The van der Waals surface area contributed by atoms with Gasteiger partial charge < -0.3 is 99.5 Å². The van der Waals surface area contributed by atoms with Crippen molar-refractivity contribution >= 4 is 60.2 Å². The molecule has 1 aliphatic heterocycles. The van der Waals surface area contributed by atoms with Crippen LogP contribution >= 0.6 is 0 Å². The number of benzene rings is 5. The average molecular weight is 1280 g/mol. The molecule has 0 N–H and O–H groups in total. The van der Waals surface area contributed by atoms with Gasteiger partial charge in [0.25, 0.3) is 0 Å². The van der Waals surface area contributed by atoms with Crippen molar-refractivity contribution in [3.63, 3.8) is 0 Å². The molecular formula is C66H72O26. The zero-order chi connectivity index (χ0) is 67.0. The van der Waals surface area contributed by atoms with Crippen molar-refractivity contribution < 1.29 is 123 Å². The molecule has 26 heteroatoms. The lowest BCUT2D eigenvalue weighted by atomic mass is 9.98. The van der Waals surface area contributed by atoms with Gasteiger partial charge in [-0.25, -0.2) is 24.0 Å². The molecule has 0 spiro atoms. The van der Waals surface area contributed by atoms with Gasteiger partial charge in [-0.05, 0) is 119 Å². The molecule has 492 valence electrons. The quantitative estimate of drug-likeness (QED) is 0.0229. The third-order valence-electron chi connectivity index (χ3n) is 13.5. The molecule has 26 nitrogen and oxygen atoms in total. The van der Waals surface area contributed by atoms with Crippen molar-refractivity contribution in [2.45, 2.75) is 30.7 Å². The highest BCUT2D eigenvalue weighted by molar-refractivity contribution is 5.91. The molecule has 5 aromatic carbocycles. The molecule has 5 aromatic rings. The van der Waals surface area contributed by atoms with Gasteiger partial charge in [-0.1, -0.05) is 0 Å². The normalized spacial score (nSPS) is 16.1. The summed E-state index contributed by atoms with van der Waals surface area (Å²) in [5, 5.41) is 0. The topological polar surface area (TPSA) is 279 Å². The first-order valence-electron chi connectivity index (χ1n) is 27.5. The largest absolute Gasteiger partial charge is 0.493 e. The Bertz CT molecular complexity index is 3440. The minimum atomic E-state index is -2.08. The van der Waals surface area contributed by atoms with Crippen molar-refractivity contribution in [2.24, 2.45) is 0 Å². The van der Waals surface area contributed by atoms with E-state index in [9.17, 15) is 24.0 Å². The van der Waals surface area contributed by atoms with Gasteiger partial charge in [0, 0.05) is 30.4 Å². The fourth-order valence-electron chi connectivity index (χ4n) is 9.20. The Morgan fingerprint density at radius 1 is 0.293 bits per heavy atom. The Morgan fingerprint density at radius 2 is 0.511 bits per heavy atom. The SMILES string of the molecule is COc1cc(/C=C/C(=O)OC[C@H]2O[C@H](OC(=O)/C=C/c3cc(OC)c(OC)c(OC)c3)[C@H](OC(=O)/C=C/c3cc(OC)c(OC)c(OC)c3)[C@@H](OC(=O)/C=C/c3cc(OC)c(OC)c(OC)c3)[C@@H]2OC(=O)/C=C/c2cc(OC)c(OC)c(OC)c2)cc(OC)c1OC. The van der Waals surface area contributed by atoms with Crippen LogP contribution in [0.4, 0.5) is 0 Å². The van der Waals surface area contributed by atoms with E-state index in [1.54, 1.807) is 36.4 Å². The first-order valence-corrected chi connectivity index (χ1v) is 27.5. The molecule has 92 heavy (non-hydrogen) atoms. The van der Waals surface area contributed by atoms with Crippen LogP contribution in [-0.4, -0.2) is 174 Å². The van der Waals surface area contributed by atoms with E-state index in [1.807, 2.05) is 0 Å². The van der Waals surface area contributed by atoms with Gasteiger partial charge in [-0.2, -0.15) is 0 Å². The van der Waals surface area contributed by atoms with E-state index in [0.717, 1.165) is 30.4 Å². The lowest BCUT2D eigenvalue weighted by Gasteiger charge is -2.43. The predicted octanol–water partition coefficient (Wildman–Crippen LogP) is 8.23. The Labute approximate surface area is 531 Å². The third kappa shape index (κ3) is 17.7. The molecule has 1 aliphatic rings. The lowest BCUT2D eigenvalue weighted by molar-refractivity contribution is -0.298. The molecular weight excluding hydrogens is 1210 g/mol. The van der Waals surface area contributed by atoms with E-state index in [1.165, 1.54) is 161 Å². The van der Waals surface area contributed by atoms with Crippen LogP contribution in [0.2, 0.25) is 0 Å². The van der Waals surface area contributed by atoms with Crippen LogP contribution in [-0.2, 0) is 52.4 Å². The number of rotatable bonds is 31.